The summed E-state index contributed by atoms with van der Waals surface area (Å²) in [4.78, 5) is 36.4. The predicted molar refractivity (Wildman–Crippen MR) is 93.0 cm³/mol. The number of fused-ring (bicyclic) bond motifs is 1. The van der Waals surface area contributed by atoms with E-state index in [-0.39, 0.29) is 16.1 Å². The van der Waals surface area contributed by atoms with Gasteiger partial charge in [-0.25, -0.2) is 9.78 Å². The van der Waals surface area contributed by atoms with Gasteiger partial charge >= 0.3 is 11.0 Å². The zero-order chi connectivity index (χ0) is 18.3. The molecule has 0 radical (unpaired) electrons. The zero-order valence-electron chi connectivity index (χ0n) is 12.0. The van der Waals surface area contributed by atoms with Gasteiger partial charge < -0.3 is 5.11 Å². The third kappa shape index (κ3) is 3.06. The molecule has 0 aliphatic carbocycles. The van der Waals surface area contributed by atoms with Crippen LogP contribution in [-0.4, -0.2) is 25.9 Å². The molecule has 0 amide bonds. The lowest BCUT2D eigenvalue weighted by Crippen LogP contribution is -2.00. The van der Waals surface area contributed by atoms with Crippen LogP contribution in [0.5, 0.6) is 0 Å². The van der Waals surface area contributed by atoms with Crippen molar-refractivity contribution in [1.29, 1.82) is 0 Å². The highest BCUT2D eigenvalue weighted by Gasteiger charge is 2.28. The zero-order valence-corrected chi connectivity index (χ0v) is 14.4. The molecule has 0 fully saturated rings. The molecule has 0 aliphatic heterocycles. The summed E-state index contributed by atoms with van der Waals surface area (Å²) in [5, 5.41) is 31.5. The van der Waals surface area contributed by atoms with Crippen molar-refractivity contribution in [3.8, 4) is 10.6 Å². The molecule has 0 bridgehead atoms. The number of nitrogens with zero attached hydrogens (tertiary/aromatic N) is 3. The molecule has 3 rings (SSSR count). The molecule has 0 atom stereocenters. The van der Waals surface area contributed by atoms with Crippen LogP contribution >= 0.6 is 27.3 Å². The number of nitro groups is 2. The number of halogens is 1. The summed E-state index contributed by atoms with van der Waals surface area (Å²) in [6.07, 6.45) is 0. The topological polar surface area (TPSA) is 136 Å². The Morgan fingerprint density at radius 2 is 1.88 bits per heavy atom. The lowest BCUT2D eigenvalue weighted by Gasteiger charge is -2.06. The minimum Gasteiger partial charge on any atom is -0.478 e. The number of aromatic nitrogens is 1. The smallest absolute Gasteiger partial charge is 0.336 e. The van der Waals surface area contributed by atoms with Crippen molar-refractivity contribution in [3.05, 3.63) is 60.6 Å². The van der Waals surface area contributed by atoms with E-state index in [4.69, 9.17) is 0 Å². The molecule has 0 aliphatic rings. The minimum absolute atomic E-state index is 0.00276. The van der Waals surface area contributed by atoms with Crippen molar-refractivity contribution in [2.75, 3.05) is 0 Å². The molecule has 126 valence electrons. The number of carboxylic acid groups (broad SMARTS) is 1. The molecule has 9 nitrogen and oxygen atoms in total. The van der Waals surface area contributed by atoms with Gasteiger partial charge in [-0.05, 0) is 24.3 Å². The Morgan fingerprint density at radius 1 is 1.16 bits per heavy atom. The van der Waals surface area contributed by atoms with Crippen molar-refractivity contribution < 1.29 is 19.7 Å². The SMILES string of the molecule is O=C(O)c1cc(-c2sc([N+](=O)[O-])cc2[N+](=O)[O-])nc2ccc(Br)cc12. The van der Waals surface area contributed by atoms with E-state index in [0.29, 0.717) is 26.7 Å². The summed E-state index contributed by atoms with van der Waals surface area (Å²) in [6.45, 7) is 0. The van der Waals surface area contributed by atoms with E-state index in [1.54, 1.807) is 18.2 Å². The maximum absolute atomic E-state index is 11.6. The van der Waals surface area contributed by atoms with Gasteiger partial charge in [0.1, 0.15) is 10.9 Å². The fourth-order valence-electron chi connectivity index (χ4n) is 2.27. The van der Waals surface area contributed by atoms with Crippen LogP contribution in [0.1, 0.15) is 10.4 Å². The number of thiophene rings is 1. The average Bonchev–Trinajstić information content (AvgIpc) is 2.99. The summed E-state index contributed by atoms with van der Waals surface area (Å²) in [6, 6.07) is 6.80. The third-order valence-electron chi connectivity index (χ3n) is 3.31. The molecule has 2 aromatic heterocycles. The van der Waals surface area contributed by atoms with E-state index in [2.05, 4.69) is 20.9 Å². The minimum atomic E-state index is -1.24. The first kappa shape index (κ1) is 16.9. The quantitative estimate of drug-likeness (QED) is 0.489. The highest BCUT2D eigenvalue weighted by atomic mass is 79.9. The van der Waals surface area contributed by atoms with Gasteiger partial charge in [0.05, 0.1) is 26.6 Å². The number of rotatable bonds is 4. The molecule has 11 heteroatoms. The van der Waals surface area contributed by atoms with Crippen molar-refractivity contribution in [2.45, 2.75) is 0 Å². The summed E-state index contributed by atoms with van der Waals surface area (Å²) in [5.41, 5.74) is -0.288. The lowest BCUT2D eigenvalue weighted by atomic mass is 10.1. The normalized spacial score (nSPS) is 10.8. The maximum Gasteiger partial charge on any atom is 0.336 e. The van der Waals surface area contributed by atoms with E-state index in [1.165, 1.54) is 6.07 Å². The first-order chi connectivity index (χ1) is 11.8. The van der Waals surface area contributed by atoms with E-state index in [1.807, 2.05) is 0 Å². The monoisotopic (exact) mass is 423 g/mol. The second kappa shape index (κ2) is 6.18. The van der Waals surface area contributed by atoms with Crippen LogP contribution in [0.4, 0.5) is 10.7 Å². The highest BCUT2D eigenvalue weighted by Crippen LogP contribution is 2.42. The first-order valence-corrected chi connectivity index (χ1v) is 8.15. The largest absolute Gasteiger partial charge is 0.478 e. The van der Waals surface area contributed by atoms with Crippen LogP contribution in [0, 0.1) is 20.2 Å². The molecule has 25 heavy (non-hydrogen) atoms. The second-order valence-electron chi connectivity index (χ2n) is 4.83. The highest BCUT2D eigenvalue weighted by molar-refractivity contribution is 9.10. The van der Waals surface area contributed by atoms with E-state index in [9.17, 15) is 30.1 Å². The number of hydrogen-bond acceptors (Lipinski definition) is 7. The molecular weight excluding hydrogens is 418 g/mol. The molecule has 0 saturated carbocycles. The first-order valence-electron chi connectivity index (χ1n) is 6.54. The molecule has 1 aromatic carbocycles. The maximum atomic E-state index is 11.6. The number of carboxylic acids is 1. The molecule has 0 saturated heterocycles. The van der Waals surface area contributed by atoms with Crippen LogP contribution in [0.25, 0.3) is 21.5 Å². The van der Waals surface area contributed by atoms with Gasteiger partial charge in [-0.2, -0.15) is 0 Å². The molecule has 3 aromatic rings. The van der Waals surface area contributed by atoms with Gasteiger partial charge in [0.25, 0.3) is 5.69 Å². The van der Waals surface area contributed by atoms with E-state index >= 15 is 0 Å². The molecule has 0 unspecified atom stereocenters. The second-order valence-corrected chi connectivity index (χ2v) is 6.78. The summed E-state index contributed by atoms with van der Waals surface area (Å²) in [5.74, 6) is -1.24. The van der Waals surface area contributed by atoms with Crippen molar-refractivity contribution in [3.63, 3.8) is 0 Å². The van der Waals surface area contributed by atoms with Crippen LogP contribution in [0.3, 0.4) is 0 Å². The Labute approximate surface area is 151 Å². The lowest BCUT2D eigenvalue weighted by molar-refractivity contribution is -0.389. The van der Waals surface area contributed by atoms with E-state index in [0.717, 1.165) is 6.07 Å². The molecule has 2 heterocycles. The fraction of sp³-hybridized carbons (Fsp3) is 0. The fourth-order valence-corrected chi connectivity index (χ4v) is 3.53. The Morgan fingerprint density at radius 3 is 2.48 bits per heavy atom. The molecule has 0 spiro atoms. The number of carbonyl (C=O) groups is 1. The van der Waals surface area contributed by atoms with Gasteiger partial charge in [0.2, 0.25) is 0 Å². The third-order valence-corrected chi connectivity index (χ3v) is 4.90. The van der Waals surface area contributed by atoms with Gasteiger partial charge in [0, 0.05) is 9.86 Å². The van der Waals surface area contributed by atoms with Gasteiger partial charge in [0.15, 0.2) is 0 Å². The standard InChI is InChI=1S/C14H6BrN3O6S/c15-6-1-2-9-7(3-6)8(14(19)20)4-10(16-9)13-11(17(21)22)5-12(25-13)18(23)24/h1-5H,(H,19,20). The Balaban J connectivity index is 2.33. The number of benzene rings is 1. The van der Waals surface area contributed by atoms with Gasteiger partial charge in [-0.3, -0.25) is 20.2 Å². The summed E-state index contributed by atoms with van der Waals surface area (Å²) >= 11 is 3.82. The molecular formula is C14H6BrN3O6S. The van der Waals surface area contributed by atoms with Gasteiger partial charge in [-0.1, -0.05) is 27.3 Å². The van der Waals surface area contributed by atoms with Crippen LogP contribution < -0.4 is 0 Å². The van der Waals surface area contributed by atoms with Crippen molar-refractivity contribution in [1.82, 2.24) is 4.98 Å². The van der Waals surface area contributed by atoms with Crippen LogP contribution in [0.2, 0.25) is 0 Å². The Kier molecular flexibility index (Phi) is 4.18. The number of aromatic carboxylic acids is 1. The Bertz CT molecular complexity index is 1060. The predicted octanol–water partition coefficient (Wildman–Crippen LogP) is 4.24. The van der Waals surface area contributed by atoms with Crippen molar-refractivity contribution >= 4 is 54.8 Å². The van der Waals surface area contributed by atoms with Gasteiger partial charge in [-0.15, -0.1) is 0 Å². The van der Waals surface area contributed by atoms with Crippen molar-refractivity contribution in [2.24, 2.45) is 0 Å². The molecule has 1 N–H and O–H groups in total. The summed E-state index contributed by atoms with van der Waals surface area (Å²) in [7, 11) is 0. The Hall–Kier alpha value is -2.92. The number of hydrogen-bond donors (Lipinski definition) is 1. The van der Waals surface area contributed by atoms with Crippen LogP contribution in [0.15, 0.2) is 34.8 Å². The number of pyridine rings is 1. The average molecular weight is 424 g/mol. The van der Waals surface area contributed by atoms with Crippen LogP contribution in [-0.2, 0) is 0 Å². The van der Waals surface area contributed by atoms with E-state index < -0.39 is 26.5 Å². The summed E-state index contributed by atoms with van der Waals surface area (Å²) < 4.78 is 0.648.